The highest BCUT2D eigenvalue weighted by Crippen LogP contribution is 2.11. The maximum atomic E-state index is 12.6. The smallest absolute Gasteiger partial charge is 0.332 e. The van der Waals surface area contributed by atoms with Gasteiger partial charge in [-0.15, -0.1) is 0 Å². The van der Waals surface area contributed by atoms with E-state index in [-0.39, 0.29) is 18.8 Å². The molecule has 0 atom stereocenters. The molecular weight excluding hydrogens is 257 g/mol. The molecule has 0 fully saturated rings. The summed E-state index contributed by atoms with van der Waals surface area (Å²) in [5.41, 5.74) is 2.00. The van der Waals surface area contributed by atoms with Crippen molar-refractivity contribution in [3.05, 3.63) is 30.1 Å². The van der Waals surface area contributed by atoms with E-state index in [1.165, 1.54) is 24.3 Å². The Bertz CT molecular complexity index is 421. The fraction of sp³-hybridized carbons (Fsp3) is 0.333. The van der Waals surface area contributed by atoms with E-state index in [2.05, 4.69) is 4.84 Å². The quantitative estimate of drug-likeness (QED) is 0.546. The van der Waals surface area contributed by atoms with E-state index in [9.17, 15) is 14.0 Å². The summed E-state index contributed by atoms with van der Waals surface area (Å²) in [6.07, 6.45) is 0.570. The Labute approximate surface area is 109 Å². The lowest BCUT2D eigenvalue weighted by atomic mass is 10.3. The molecule has 0 radical (unpaired) electrons. The normalized spacial score (nSPS) is 9.95. The van der Waals surface area contributed by atoms with Crippen LogP contribution in [0.3, 0.4) is 0 Å². The van der Waals surface area contributed by atoms with E-state index < -0.39 is 18.5 Å². The standard InChI is InChI=1S/C12H14FNO5/c13-9-3-5-10(6-4-9)18-7-1-2-11(15)14-19-8-12(16)17/h3-6H,1-2,7-8H2,(H,14,15)(H,16,17). The van der Waals surface area contributed by atoms with Crippen LogP contribution >= 0.6 is 0 Å². The molecule has 2 N–H and O–H groups in total. The molecule has 6 nitrogen and oxygen atoms in total. The third-order valence-electron chi connectivity index (χ3n) is 2.01. The van der Waals surface area contributed by atoms with Crippen molar-refractivity contribution in [2.24, 2.45) is 0 Å². The summed E-state index contributed by atoms with van der Waals surface area (Å²) in [6, 6.07) is 5.54. The number of rotatable bonds is 8. The van der Waals surface area contributed by atoms with Crippen LogP contribution in [0.2, 0.25) is 0 Å². The Morgan fingerprint density at radius 1 is 1.26 bits per heavy atom. The van der Waals surface area contributed by atoms with Crippen molar-refractivity contribution in [2.45, 2.75) is 12.8 Å². The minimum Gasteiger partial charge on any atom is -0.494 e. The summed E-state index contributed by atoms with van der Waals surface area (Å²) in [5, 5.41) is 8.26. The molecule has 0 heterocycles. The number of ether oxygens (including phenoxy) is 1. The van der Waals surface area contributed by atoms with Crippen LogP contribution in [0.1, 0.15) is 12.8 Å². The van der Waals surface area contributed by atoms with Crippen LogP contribution in [0.25, 0.3) is 0 Å². The third-order valence-corrected chi connectivity index (χ3v) is 2.01. The van der Waals surface area contributed by atoms with Gasteiger partial charge in [0.25, 0.3) is 0 Å². The molecule has 0 unspecified atom stereocenters. The highest BCUT2D eigenvalue weighted by Gasteiger charge is 2.03. The number of amides is 1. The molecule has 0 saturated carbocycles. The molecule has 0 aromatic heterocycles. The first kappa shape index (κ1) is 14.9. The number of hydrogen-bond donors (Lipinski definition) is 2. The highest BCUT2D eigenvalue weighted by molar-refractivity contribution is 5.75. The van der Waals surface area contributed by atoms with Gasteiger partial charge < -0.3 is 9.84 Å². The fourth-order valence-electron chi connectivity index (χ4n) is 1.18. The molecule has 1 amide bonds. The van der Waals surface area contributed by atoms with Crippen LogP contribution in [0.5, 0.6) is 5.75 Å². The SMILES string of the molecule is O=C(O)CONC(=O)CCCOc1ccc(F)cc1. The van der Waals surface area contributed by atoms with Crippen LogP contribution in [0.4, 0.5) is 4.39 Å². The molecule has 7 heteroatoms. The van der Waals surface area contributed by atoms with Gasteiger partial charge >= 0.3 is 5.97 Å². The van der Waals surface area contributed by atoms with Crippen molar-refractivity contribution in [1.29, 1.82) is 0 Å². The molecule has 0 spiro atoms. The largest absolute Gasteiger partial charge is 0.494 e. The first-order chi connectivity index (χ1) is 9.08. The van der Waals surface area contributed by atoms with Crippen molar-refractivity contribution in [2.75, 3.05) is 13.2 Å². The molecule has 0 aliphatic heterocycles. The van der Waals surface area contributed by atoms with Gasteiger partial charge in [-0.1, -0.05) is 0 Å². The second-order valence-corrected chi connectivity index (χ2v) is 3.61. The van der Waals surface area contributed by atoms with Crippen LogP contribution in [0, 0.1) is 5.82 Å². The van der Waals surface area contributed by atoms with Crippen molar-refractivity contribution >= 4 is 11.9 Å². The maximum absolute atomic E-state index is 12.6. The van der Waals surface area contributed by atoms with Gasteiger partial charge in [0.1, 0.15) is 11.6 Å². The topological polar surface area (TPSA) is 84.9 Å². The Morgan fingerprint density at radius 3 is 2.58 bits per heavy atom. The Hall–Kier alpha value is -2.15. The molecule has 0 saturated heterocycles. The average molecular weight is 271 g/mol. The zero-order chi connectivity index (χ0) is 14.1. The number of carbonyl (C=O) groups excluding carboxylic acids is 1. The zero-order valence-electron chi connectivity index (χ0n) is 10.1. The Kier molecular flexibility index (Phi) is 6.31. The maximum Gasteiger partial charge on any atom is 0.332 e. The van der Waals surface area contributed by atoms with Gasteiger partial charge in [0, 0.05) is 6.42 Å². The van der Waals surface area contributed by atoms with Gasteiger partial charge in [0.05, 0.1) is 6.61 Å². The molecule has 19 heavy (non-hydrogen) atoms. The first-order valence-electron chi connectivity index (χ1n) is 5.58. The summed E-state index contributed by atoms with van der Waals surface area (Å²) in [5.74, 6) is -1.42. The highest BCUT2D eigenvalue weighted by atomic mass is 19.1. The molecule has 0 bridgehead atoms. The number of carboxylic acid groups (broad SMARTS) is 1. The second-order valence-electron chi connectivity index (χ2n) is 3.61. The van der Waals surface area contributed by atoms with Crippen LogP contribution < -0.4 is 10.2 Å². The predicted molar refractivity (Wildman–Crippen MR) is 62.9 cm³/mol. The second kappa shape index (κ2) is 8.04. The van der Waals surface area contributed by atoms with E-state index in [0.717, 1.165) is 0 Å². The van der Waals surface area contributed by atoms with E-state index in [1.807, 2.05) is 5.48 Å². The number of nitrogens with one attached hydrogen (secondary N) is 1. The van der Waals surface area contributed by atoms with Gasteiger partial charge in [-0.2, -0.15) is 0 Å². The molecule has 1 aromatic carbocycles. The van der Waals surface area contributed by atoms with Gasteiger partial charge in [0.15, 0.2) is 6.61 Å². The van der Waals surface area contributed by atoms with Gasteiger partial charge in [-0.05, 0) is 30.7 Å². The Morgan fingerprint density at radius 2 is 1.95 bits per heavy atom. The first-order valence-corrected chi connectivity index (χ1v) is 5.58. The number of aliphatic carboxylic acids is 1. The van der Waals surface area contributed by atoms with Crippen LogP contribution in [0.15, 0.2) is 24.3 Å². The number of halogens is 1. The van der Waals surface area contributed by atoms with Crippen molar-refractivity contribution in [1.82, 2.24) is 5.48 Å². The van der Waals surface area contributed by atoms with E-state index in [0.29, 0.717) is 12.2 Å². The third kappa shape index (κ3) is 6.99. The molecule has 1 rings (SSSR count). The number of hydroxylamine groups is 1. The predicted octanol–water partition coefficient (Wildman–Crippen LogP) is 1.12. The summed E-state index contributed by atoms with van der Waals surface area (Å²) >= 11 is 0. The molecule has 0 aliphatic carbocycles. The van der Waals surface area contributed by atoms with E-state index in [1.54, 1.807) is 0 Å². The van der Waals surface area contributed by atoms with Gasteiger partial charge in [-0.3, -0.25) is 9.63 Å². The van der Waals surface area contributed by atoms with E-state index >= 15 is 0 Å². The average Bonchev–Trinajstić information content (AvgIpc) is 2.36. The minimum atomic E-state index is -1.17. The summed E-state index contributed by atoms with van der Waals surface area (Å²) in [6.45, 7) is -0.296. The number of carboxylic acids is 1. The summed E-state index contributed by atoms with van der Waals surface area (Å²) < 4.78 is 17.9. The van der Waals surface area contributed by atoms with E-state index in [4.69, 9.17) is 9.84 Å². The van der Waals surface area contributed by atoms with Crippen molar-refractivity contribution in [3.63, 3.8) is 0 Å². The van der Waals surface area contributed by atoms with Gasteiger partial charge in [0.2, 0.25) is 5.91 Å². The molecular formula is C12H14FNO5. The van der Waals surface area contributed by atoms with Crippen molar-refractivity contribution < 1.29 is 28.7 Å². The monoisotopic (exact) mass is 271 g/mol. The van der Waals surface area contributed by atoms with Crippen molar-refractivity contribution in [3.8, 4) is 5.75 Å². The number of hydrogen-bond acceptors (Lipinski definition) is 4. The van der Waals surface area contributed by atoms with Gasteiger partial charge in [-0.25, -0.2) is 14.7 Å². The summed E-state index contributed by atoms with van der Waals surface area (Å²) in [7, 11) is 0. The number of benzene rings is 1. The summed E-state index contributed by atoms with van der Waals surface area (Å²) in [4.78, 5) is 25.6. The molecule has 104 valence electrons. The lowest BCUT2D eigenvalue weighted by Gasteiger charge is -2.06. The zero-order valence-corrected chi connectivity index (χ0v) is 10.1. The lowest BCUT2D eigenvalue weighted by Crippen LogP contribution is -2.26. The Balaban J connectivity index is 2.08. The minimum absolute atomic E-state index is 0.140. The van der Waals surface area contributed by atoms with Crippen LogP contribution in [-0.4, -0.2) is 30.2 Å². The van der Waals surface area contributed by atoms with Crippen LogP contribution in [-0.2, 0) is 14.4 Å². The molecule has 0 aliphatic rings. The fourth-order valence-corrected chi connectivity index (χ4v) is 1.18. The lowest BCUT2D eigenvalue weighted by molar-refractivity contribution is -0.149. The number of carbonyl (C=O) groups is 2. The molecule has 1 aromatic rings.